The number of rotatable bonds is 23. The highest BCUT2D eigenvalue weighted by Crippen LogP contribution is 2.34. The summed E-state index contributed by atoms with van der Waals surface area (Å²) in [4.78, 5) is 20.1. The van der Waals surface area contributed by atoms with Gasteiger partial charge in [-0.3, -0.25) is 9.69 Å². The summed E-state index contributed by atoms with van der Waals surface area (Å²) in [5.41, 5.74) is 4.08. The number of anilines is 1. The lowest BCUT2D eigenvalue weighted by Crippen LogP contribution is -2.57. The van der Waals surface area contributed by atoms with Gasteiger partial charge in [-0.15, -0.1) is 0 Å². The molecule has 1 saturated heterocycles. The van der Waals surface area contributed by atoms with Gasteiger partial charge in [-0.05, 0) is 75.5 Å². The number of ketones is 1. The van der Waals surface area contributed by atoms with E-state index in [1.165, 1.54) is 93.9 Å². The Morgan fingerprint density at radius 1 is 0.705 bits per heavy atom. The van der Waals surface area contributed by atoms with Gasteiger partial charge in [0.1, 0.15) is 0 Å². The maximum absolute atomic E-state index is 15.0. The van der Waals surface area contributed by atoms with E-state index in [-0.39, 0.29) is 0 Å². The van der Waals surface area contributed by atoms with E-state index in [1.807, 2.05) is 0 Å². The van der Waals surface area contributed by atoms with Crippen molar-refractivity contribution < 1.29 is 9.53 Å². The molecule has 2 aromatic rings. The van der Waals surface area contributed by atoms with E-state index < -0.39 is 5.54 Å². The number of carbonyl (C=O) groups excluding carboxylic acids is 1. The van der Waals surface area contributed by atoms with Crippen LogP contribution in [0.5, 0.6) is 0 Å². The zero-order valence-corrected chi connectivity index (χ0v) is 28.9. The Kier molecular flexibility index (Phi) is 17.1. The van der Waals surface area contributed by atoms with Crippen LogP contribution in [0, 0.1) is 6.92 Å². The molecule has 1 aliphatic rings. The molecule has 1 fully saturated rings. The molecule has 0 aromatic heterocycles. The molecule has 0 amide bonds. The third-order valence-electron chi connectivity index (χ3n) is 9.66. The molecule has 0 bridgehead atoms. The SMILES string of the molecule is CCCCCCCCN(CCCCCCCC)C(CCCC)(Cc1ccc(C)cc1)C(=O)c1ccc(N2CCOCC2)cc1. The second-order valence-corrected chi connectivity index (χ2v) is 13.3. The zero-order valence-electron chi connectivity index (χ0n) is 28.9. The van der Waals surface area contributed by atoms with Gasteiger partial charge < -0.3 is 9.64 Å². The van der Waals surface area contributed by atoms with Crippen molar-refractivity contribution in [3.05, 3.63) is 65.2 Å². The quantitative estimate of drug-likeness (QED) is 0.0933. The molecule has 0 radical (unpaired) electrons. The van der Waals surface area contributed by atoms with Crippen LogP contribution in [0.25, 0.3) is 0 Å². The van der Waals surface area contributed by atoms with Crippen molar-refractivity contribution in [2.24, 2.45) is 0 Å². The molecule has 1 aliphatic heterocycles. The second kappa shape index (κ2) is 20.8. The van der Waals surface area contributed by atoms with Crippen molar-refractivity contribution in [1.29, 1.82) is 0 Å². The Morgan fingerprint density at radius 2 is 1.23 bits per heavy atom. The van der Waals surface area contributed by atoms with Crippen molar-refractivity contribution in [2.75, 3.05) is 44.3 Å². The van der Waals surface area contributed by atoms with Crippen molar-refractivity contribution in [1.82, 2.24) is 4.90 Å². The lowest BCUT2D eigenvalue weighted by molar-refractivity contribution is 0.0468. The van der Waals surface area contributed by atoms with E-state index in [2.05, 4.69) is 86.0 Å². The average Bonchev–Trinajstić information content (AvgIpc) is 3.06. The molecule has 0 saturated carbocycles. The van der Waals surface area contributed by atoms with E-state index in [4.69, 9.17) is 4.74 Å². The minimum Gasteiger partial charge on any atom is -0.378 e. The van der Waals surface area contributed by atoms with Crippen LogP contribution in [0.1, 0.15) is 139 Å². The number of unbranched alkanes of at least 4 members (excludes halogenated alkanes) is 11. The van der Waals surface area contributed by atoms with E-state index in [0.717, 1.165) is 70.6 Å². The molecular weight excluding hydrogens is 540 g/mol. The number of morpholine rings is 1. The molecule has 0 aliphatic carbocycles. The first-order valence-electron chi connectivity index (χ1n) is 18.3. The first-order chi connectivity index (χ1) is 21.5. The molecular formula is C40H64N2O2. The van der Waals surface area contributed by atoms with E-state index in [1.54, 1.807) is 0 Å². The highest BCUT2D eigenvalue weighted by molar-refractivity contribution is 6.03. The molecule has 4 heteroatoms. The maximum Gasteiger partial charge on any atom is 0.183 e. The number of hydrogen-bond acceptors (Lipinski definition) is 4. The highest BCUT2D eigenvalue weighted by atomic mass is 16.5. The van der Waals surface area contributed by atoms with Crippen molar-refractivity contribution in [3.8, 4) is 0 Å². The molecule has 1 heterocycles. The molecule has 44 heavy (non-hydrogen) atoms. The predicted molar refractivity (Wildman–Crippen MR) is 189 cm³/mol. The maximum atomic E-state index is 15.0. The number of ether oxygens (including phenoxy) is 1. The molecule has 1 atom stereocenters. The third kappa shape index (κ3) is 11.6. The number of carbonyl (C=O) groups is 1. The largest absolute Gasteiger partial charge is 0.378 e. The van der Waals surface area contributed by atoms with Crippen LogP contribution < -0.4 is 4.90 Å². The minimum atomic E-state index is -0.529. The smallest absolute Gasteiger partial charge is 0.183 e. The fraction of sp³-hybridized carbons (Fsp3) is 0.675. The standard InChI is InChI=1S/C40H64N2O2/c1-5-8-11-13-15-17-28-42(29-18-16-14-12-9-6-2)40(27-10-7-3,34-36-21-19-35(4)20-22-36)39(43)37-23-25-38(26-24-37)41-30-32-44-33-31-41/h19-26H,5-18,27-34H2,1-4H3. The van der Waals surface area contributed by atoms with Gasteiger partial charge >= 0.3 is 0 Å². The Bertz CT molecular complexity index is 1010. The van der Waals surface area contributed by atoms with E-state index in [0.29, 0.717) is 5.78 Å². The minimum absolute atomic E-state index is 0.317. The molecule has 2 aromatic carbocycles. The van der Waals surface area contributed by atoms with Crippen molar-refractivity contribution in [3.63, 3.8) is 0 Å². The summed E-state index contributed by atoms with van der Waals surface area (Å²) in [7, 11) is 0. The summed E-state index contributed by atoms with van der Waals surface area (Å²) in [5, 5.41) is 0. The summed E-state index contributed by atoms with van der Waals surface area (Å²) >= 11 is 0. The Balaban J connectivity index is 1.94. The van der Waals surface area contributed by atoms with Crippen LogP contribution in [0.15, 0.2) is 48.5 Å². The highest BCUT2D eigenvalue weighted by Gasteiger charge is 2.43. The number of nitrogens with zero attached hydrogens (tertiary/aromatic N) is 2. The summed E-state index contributed by atoms with van der Waals surface area (Å²) in [6, 6.07) is 17.5. The van der Waals surface area contributed by atoms with E-state index in [9.17, 15) is 0 Å². The van der Waals surface area contributed by atoms with Gasteiger partial charge in [-0.2, -0.15) is 0 Å². The monoisotopic (exact) mass is 604 g/mol. The first kappa shape index (κ1) is 36.3. The number of benzene rings is 2. The fourth-order valence-electron chi connectivity index (χ4n) is 6.83. The lowest BCUT2D eigenvalue weighted by Gasteiger charge is -2.44. The molecule has 0 spiro atoms. The normalized spacial score (nSPS) is 15.1. The van der Waals surface area contributed by atoms with Gasteiger partial charge in [0.15, 0.2) is 5.78 Å². The fourth-order valence-corrected chi connectivity index (χ4v) is 6.83. The van der Waals surface area contributed by atoms with Crippen LogP contribution in [0.3, 0.4) is 0 Å². The summed E-state index contributed by atoms with van der Waals surface area (Å²) in [6.07, 6.45) is 19.2. The first-order valence-corrected chi connectivity index (χ1v) is 18.3. The van der Waals surface area contributed by atoms with Crippen LogP contribution >= 0.6 is 0 Å². The number of aryl methyl sites for hydroxylation is 1. The van der Waals surface area contributed by atoms with Gasteiger partial charge in [0.2, 0.25) is 0 Å². The van der Waals surface area contributed by atoms with Gasteiger partial charge in [-0.25, -0.2) is 0 Å². The molecule has 3 rings (SSSR count). The number of hydrogen-bond donors (Lipinski definition) is 0. The van der Waals surface area contributed by atoms with Gasteiger partial charge in [0, 0.05) is 24.3 Å². The number of Topliss-reactive ketones (excluding diaryl/α,β-unsaturated/α-hetero) is 1. The summed E-state index contributed by atoms with van der Waals surface area (Å²) in [5.74, 6) is 0.317. The summed E-state index contributed by atoms with van der Waals surface area (Å²) < 4.78 is 5.57. The van der Waals surface area contributed by atoms with Gasteiger partial charge in [0.05, 0.1) is 18.8 Å². The van der Waals surface area contributed by atoms with E-state index >= 15 is 4.79 Å². The molecule has 4 nitrogen and oxygen atoms in total. The molecule has 0 N–H and O–H groups in total. The average molecular weight is 605 g/mol. The van der Waals surface area contributed by atoms with Crippen molar-refractivity contribution in [2.45, 2.75) is 136 Å². The third-order valence-corrected chi connectivity index (χ3v) is 9.66. The van der Waals surface area contributed by atoms with Crippen LogP contribution in [-0.4, -0.2) is 55.6 Å². The topological polar surface area (TPSA) is 32.8 Å². The predicted octanol–water partition coefficient (Wildman–Crippen LogP) is 10.2. The molecule has 1 unspecified atom stereocenters. The van der Waals surface area contributed by atoms with Gasteiger partial charge in [-0.1, -0.05) is 128 Å². The summed E-state index contributed by atoms with van der Waals surface area (Å²) in [6.45, 7) is 14.4. The Morgan fingerprint density at radius 3 is 1.77 bits per heavy atom. The van der Waals surface area contributed by atoms with Crippen molar-refractivity contribution >= 4 is 11.5 Å². The Labute approximate surface area is 270 Å². The molecule has 246 valence electrons. The van der Waals surface area contributed by atoms with Gasteiger partial charge in [0.25, 0.3) is 0 Å². The van der Waals surface area contributed by atoms with Crippen LogP contribution in [0.4, 0.5) is 5.69 Å². The van der Waals surface area contributed by atoms with Crippen LogP contribution in [-0.2, 0) is 11.2 Å². The lowest BCUT2D eigenvalue weighted by atomic mass is 9.77. The second-order valence-electron chi connectivity index (χ2n) is 13.3. The zero-order chi connectivity index (χ0) is 31.5. The Hall–Kier alpha value is -2.17. The van der Waals surface area contributed by atoms with Crippen LogP contribution in [0.2, 0.25) is 0 Å².